The maximum Gasteiger partial charge on any atom is 0.279 e. The van der Waals surface area contributed by atoms with Crippen LogP contribution in [0.25, 0.3) is 20.7 Å². The molecular formula is C23H22N4O2S. The third-order valence-electron chi connectivity index (χ3n) is 5.16. The van der Waals surface area contributed by atoms with Crippen LogP contribution >= 0.6 is 11.3 Å². The lowest BCUT2D eigenvalue weighted by atomic mass is 10.1. The fourth-order valence-corrected chi connectivity index (χ4v) is 4.47. The molecule has 30 heavy (non-hydrogen) atoms. The molecule has 0 spiro atoms. The minimum absolute atomic E-state index is 0.274. The lowest BCUT2D eigenvalue weighted by Crippen LogP contribution is -2.35. The van der Waals surface area contributed by atoms with Crippen molar-refractivity contribution >= 4 is 33.1 Å². The number of benzene rings is 2. The smallest absolute Gasteiger partial charge is 0.279 e. The Hall–Kier alpha value is -3.32. The Kier molecular flexibility index (Phi) is 5.46. The number of aromatic nitrogens is 3. The van der Waals surface area contributed by atoms with E-state index in [1.165, 1.54) is 16.0 Å². The summed E-state index contributed by atoms with van der Waals surface area (Å²) in [5.41, 5.74) is 3.42. The van der Waals surface area contributed by atoms with Crippen LogP contribution in [0.4, 0.5) is 5.69 Å². The minimum Gasteiger partial charge on any atom is -0.324 e. The van der Waals surface area contributed by atoms with Crippen molar-refractivity contribution in [3.63, 3.8) is 0 Å². The lowest BCUT2D eigenvalue weighted by Gasteiger charge is -2.18. The predicted molar refractivity (Wildman–Crippen MR) is 121 cm³/mol. The van der Waals surface area contributed by atoms with Crippen molar-refractivity contribution in [2.45, 2.75) is 33.2 Å². The van der Waals surface area contributed by atoms with Gasteiger partial charge in [-0.05, 0) is 43.0 Å². The Morgan fingerprint density at radius 1 is 1.10 bits per heavy atom. The van der Waals surface area contributed by atoms with E-state index in [2.05, 4.69) is 15.6 Å². The second-order valence-corrected chi connectivity index (χ2v) is 8.25. The molecule has 2 aromatic carbocycles. The van der Waals surface area contributed by atoms with Crippen LogP contribution in [-0.4, -0.2) is 20.9 Å². The van der Waals surface area contributed by atoms with E-state index in [9.17, 15) is 9.59 Å². The first-order chi connectivity index (χ1) is 14.5. The molecule has 0 bridgehead atoms. The van der Waals surface area contributed by atoms with Crippen molar-refractivity contribution in [2.75, 3.05) is 5.32 Å². The Labute approximate surface area is 178 Å². The average molecular weight is 419 g/mol. The number of nitrogens with one attached hydrogen (secondary N) is 1. The number of rotatable bonds is 5. The standard InChI is InChI=1S/C23H22N4O2S/c1-4-18(21(28)24-20-14(2)9-8-10-15(20)3)27-23(29)17-13-19(30-22(17)25-26-27)16-11-6-5-7-12-16/h5-13,18H,4H2,1-3H3,(H,24,28). The number of para-hydroxylation sites is 1. The lowest BCUT2D eigenvalue weighted by molar-refractivity contribution is -0.119. The first-order valence-corrected chi connectivity index (χ1v) is 10.6. The zero-order valence-electron chi connectivity index (χ0n) is 17.0. The number of amides is 1. The quantitative estimate of drug-likeness (QED) is 0.508. The topological polar surface area (TPSA) is 76.9 Å². The van der Waals surface area contributed by atoms with E-state index < -0.39 is 6.04 Å². The van der Waals surface area contributed by atoms with Crippen molar-refractivity contribution in [1.29, 1.82) is 0 Å². The van der Waals surface area contributed by atoms with Crippen LogP contribution in [0.2, 0.25) is 0 Å². The summed E-state index contributed by atoms with van der Waals surface area (Å²) in [6.07, 6.45) is 0.423. The summed E-state index contributed by atoms with van der Waals surface area (Å²) < 4.78 is 1.20. The summed E-state index contributed by atoms with van der Waals surface area (Å²) in [5, 5.41) is 11.8. The summed E-state index contributed by atoms with van der Waals surface area (Å²) in [6, 6.07) is 16.8. The molecule has 0 saturated heterocycles. The number of hydrogen-bond donors (Lipinski definition) is 1. The molecule has 0 aliphatic carbocycles. The second kappa shape index (κ2) is 8.20. The molecule has 0 radical (unpaired) electrons. The molecule has 6 nitrogen and oxygen atoms in total. The fourth-order valence-electron chi connectivity index (χ4n) is 3.50. The summed E-state index contributed by atoms with van der Waals surface area (Å²) >= 11 is 1.42. The third kappa shape index (κ3) is 3.64. The van der Waals surface area contributed by atoms with Crippen molar-refractivity contribution in [2.24, 2.45) is 0 Å². The highest BCUT2D eigenvalue weighted by atomic mass is 32.1. The van der Waals surface area contributed by atoms with E-state index in [1.54, 1.807) is 0 Å². The number of carbonyl (C=O) groups is 1. The highest BCUT2D eigenvalue weighted by Crippen LogP contribution is 2.30. The van der Waals surface area contributed by atoms with Crippen LogP contribution < -0.4 is 10.9 Å². The van der Waals surface area contributed by atoms with E-state index in [0.717, 1.165) is 27.3 Å². The molecule has 4 aromatic rings. The van der Waals surface area contributed by atoms with Gasteiger partial charge in [0.1, 0.15) is 6.04 Å². The summed E-state index contributed by atoms with van der Waals surface area (Å²) in [6.45, 7) is 5.74. The molecule has 4 rings (SSSR count). The number of carbonyl (C=O) groups excluding carboxylic acids is 1. The zero-order valence-corrected chi connectivity index (χ0v) is 17.9. The molecule has 0 saturated carbocycles. The van der Waals surface area contributed by atoms with E-state index in [4.69, 9.17) is 0 Å². The molecule has 1 amide bonds. The first-order valence-electron chi connectivity index (χ1n) is 9.81. The van der Waals surface area contributed by atoms with Gasteiger partial charge in [-0.15, -0.1) is 16.4 Å². The van der Waals surface area contributed by atoms with E-state index >= 15 is 0 Å². The van der Waals surface area contributed by atoms with Crippen molar-refractivity contribution in [3.8, 4) is 10.4 Å². The molecule has 0 aliphatic rings. The summed E-state index contributed by atoms with van der Waals surface area (Å²) in [7, 11) is 0. The molecule has 1 unspecified atom stereocenters. The van der Waals surface area contributed by atoms with Crippen LogP contribution in [0.15, 0.2) is 59.4 Å². The Bertz CT molecular complexity index is 1260. The second-order valence-electron chi connectivity index (χ2n) is 7.21. The van der Waals surface area contributed by atoms with Crippen molar-refractivity contribution in [3.05, 3.63) is 76.1 Å². The van der Waals surface area contributed by atoms with Gasteiger partial charge in [-0.3, -0.25) is 9.59 Å². The maximum atomic E-state index is 13.2. The largest absolute Gasteiger partial charge is 0.324 e. The zero-order chi connectivity index (χ0) is 21.3. The summed E-state index contributed by atoms with van der Waals surface area (Å²) in [4.78, 5) is 27.7. The first kappa shape index (κ1) is 20.0. The Morgan fingerprint density at radius 2 is 1.80 bits per heavy atom. The average Bonchev–Trinajstić information content (AvgIpc) is 3.19. The minimum atomic E-state index is -0.742. The SMILES string of the molecule is CCC(C(=O)Nc1c(C)cccc1C)n1nnc2sc(-c3ccccc3)cc2c1=O. The van der Waals surface area contributed by atoms with Crippen LogP contribution in [-0.2, 0) is 4.79 Å². The molecule has 1 atom stereocenters. The number of thiophene rings is 1. The van der Waals surface area contributed by atoms with E-state index in [1.807, 2.05) is 75.4 Å². The normalized spacial score (nSPS) is 12.1. The van der Waals surface area contributed by atoms with E-state index in [0.29, 0.717) is 16.6 Å². The Morgan fingerprint density at radius 3 is 2.47 bits per heavy atom. The van der Waals surface area contributed by atoms with Gasteiger partial charge in [-0.25, -0.2) is 0 Å². The number of nitrogens with zero attached hydrogens (tertiary/aromatic N) is 3. The molecule has 2 aromatic heterocycles. The predicted octanol–water partition coefficient (Wildman–Crippen LogP) is 4.73. The Balaban J connectivity index is 1.71. The van der Waals surface area contributed by atoms with Gasteiger partial charge in [0.15, 0.2) is 4.83 Å². The van der Waals surface area contributed by atoms with Crippen LogP contribution in [0.5, 0.6) is 0 Å². The number of hydrogen-bond acceptors (Lipinski definition) is 5. The molecule has 152 valence electrons. The van der Waals surface area contributed by atoms with Crippen LogP contribution in [0.3, 0.4) is 0 Å². The van der Waals surface area contributed by atoms with Gasteiger partial charge >= 0.3 is 0 Å². The van der Waals surface area contributed by atoms with Gasteiger partial charge in [0.25, 0.3) is 5.56 Å². The van der Waals surface area contributed by atoms with Crippen LogP contribution in [0.1, 0.15) is 30.5 Å². The van der Waals surface area contributed by atoms with Gasteiger partial charge in [-0.1, -0.05) is 60.7 Å². The third-order valence-corrected chi connectivity index (χ3v) is 6.22. The van der Waals surface area contributed by atoms with Crippen molar-refractivity contribution < 1.29 is 4.79 Å². The maximum absolute atomic E-state index is 13.2. The molecule has 1 N–H and O–H groups in total. The molecular weight excluding hydrogens is 396 g/mol. The fraction of sp³-hybridized carbons (Fsp3) is 0.217. The van der Waals surface area contributed by atoms with Gasteiger partial charge in [0.2, 0.25) is 5.91 Å². The highest BCUT2D eigenvalue weighted by molar-refractivity contribution is 7.21. The molecule has 2 heterocycles. The molecule has 7 heteroatoms. The monoisotopic (exact) mass is 418 g/mol. The number of anilines is 1. The van der Waals surface area contributed by atoms with Gasteiger partial charge in [-0.2, -0.15) is 4.68 Å². The molecule has 0 aliphatic heterocycles. The van der Waals surface area contributed by atoms with Crippen LogP contribution in [0, 0.1) is 13.8 Å². The number of fused-ring (bicyclic) bond motifs is 1. The number of aryl methyl sites for hydroxylation is 2. The highest BCUT2D eigenvalue weighted by Gasteiger charge is 2.24. The van der Waals surface area contributed by atoms with Gasteiger partial charge in [0, 0.05) is 10.6 Å². The van der Waals surface area contributed by atoms with Crippen molar-refractivity contribution in [1.82, 2.24) is 15.0 Å². The van der Waals surface area contributed by atoms with E-state index in [-0.39, 0.29) is 11.5 Å². The molecule has 0 fully saturated rings. The summed E-state index contributed by atoms with van der Waals surface area (Å²) in [5.74, 6) is -0.274. The van der Waals surface area contributed by atoms with Gasteiger partial charge in [0.05, 0.1) is 5.39 Å². The van der Waals surface area contributed by atoms with Gasteiger partial charge < -0.3 is 5.32 Å².